The second-order valence-electron chi connectivity index (χ2n) is 5.93. The number of hydrogen-bond acceptors (Lipinski definition) is 6. The van der Waals surface area contributed by atoms with Crippen LogP contribution in [0.4, 0.5) is 74.6 Å². The Bertz CT molecular complexity index is 745. The van der Waals surface area contributed by atoms with Gasteiger partial charge in [-0.15, -0.1) is 0 Å². The van der Waals surface area contributed by atoms with E-state index in [1.54, 1.807) is 4.74 Å². The van der Waals surface area contributed by atoms with Gasteiger partial charge < -0.3 is 14.9 Å². The van der Waals surface area contributed by atoms with E-state index in [2.05, 4.69) is 4.74 Å². The summed E-state index contributed by atoms with van der Waals surface area (Å²) in [5.74, 6) is -27.0. The van der Waals surface area contributed by atoms with Gasteiger partial charge in [0.25, 0.3) is 0 Å². The van der Waals surface area contributed by atoms with Gasteiger partial charge in [0.2, 0.25) is 0 Å². The van der Waals surface area contributed by atoms with Crippen molar-refractivity contribution in [3.63, 3.8) is 0 Å². The van der Waals surface area contributed by atoms with E-state index in [0.717, 1.165) is 0 Å². The van der Waals surface area contributed by atoms with E-state index >= 15 is 0 Å². The summed E-state index contributed by atoms with van der Waals surface area (Å²) in [6, 6.07) is 0. The summed E-state index contributed by atoms with van der Waals surface area (Å²) in [5.41, 5.74) is 0. The molecular formula is C12H7F17O6. The third-order valence-electron chi connectivity index (χ3n) is 3.24. The third kappa shape index (κ3) is 6.28. The molecule has 3 unspecified atom stereocenters. The third-order valence-corrected chi connectivity index (χ3v) is 3.24. The van der Waals surface area contributed by atoms with E-state index in [9.17, 15) is 79.4 Å². The van der Waals surface area contributed by atoms with Gasteiger partial charge in [0, 0.05) is 0 Å². The van der Waals surface area contributed by atoms with Crippen molar-refractivity contribution in [2.45, 2.75) is 54.5 Å². The van der Waals surface area contributed by atoms with Crippen molar-refractivity contribution in [1.29, 1.82) is 0 Å². The van der Waals surface area contributed by atoms with Crippen LogP contribution in [0.1, 0.15) is 0 Å². The quantitative estimate of drug-likeness (QED) is 0.308. The second kappa shape index (κ2) is 9.53. The maximum Gasteiger partial charge on any atom is 0.462 e. The number of alkyl halides is 17. The van der Waals surface area contributed by atoms with Crippen LogP contribution in [0.5, 0.6) is 0 Å². The van der Waals surface area contributed by atoms with Crippen LogP contribution >= 0.6 is 0 Å². The van der Waals surface area contributed by atoms with Crippen LogP contribution in [0.2, 0.25) is 0 Å². The van der Waals surface area contributed by atoms with Crippen LogP contribution < -0.4 is 0 Å². The van der Waals surface area contributed by atoms with Crippen molar-refractivity contribution in [1.82, 2.24) is 0 Å². The first-order valence-corrected chi connectivity index (χ1v) is 7.62. The van der Waals surface area contributed by atoms with Crippen LogP contribution in [0, 0.1) is 0 Å². The molecule has 35 heavy (non-hydrogen) atoms. The van der Waals surface area contributed by atoms with E-state index in [1.165, 1.54) is 4.74 Å². The first kappa shape index (κ1) is 33.1. The van der Waals surface area contributed by atoms with Gasteiger partial charge in [0.1, 0.15) is 12.7 Å². The maximum absolute atomic E-state index is 14.0. The molecule has 23 heteroatoms. The number of ether oxygens (including phenoxy) is 3. The summed E-state index contributed by atoms with van der Waals surface area (Å²) >= 11 is 0. The standard InChI is InChI=1S/C12H7F17O6/c13-5(8(17,18)19,4(32)33-2-3(31)1-30)34-12(28,29)7(16,10(23,24)25)35-11(26,27)6(14,15)9(20,21)22/h3,30-31H,1-2H2. The Morgan fingerprint density at radius 2 is 1.09 bits per heavy atom. The highest BCUT2D eigenvalue weighted by Crippen LogP contribution is 2.56. The van der Waals surface area contributed by atoms with Crippen molar-refractivity contribution in [2.24, 2.45) is 0 Å². The molecule has 0 bridgehead atoms. The van der Waals surface area contributed by atoms with E-state index in [-0.39, 0.29) is 0 Å². The second-order valence-corrected chi connectivity index (χ2v) is 5.93. The Balaban J connectivity index is 6.64. The summed E-state index contributed by atoms with van der Waals surface area (Å²) < 4.78 is 225. The molecule has 0 aliphatic carbocycles. The first-order chi connectivity index (χ1) is 15.0. The molecule has 0 spiro atoms. The minimum absolute atomic E-state index is 1.27. The Morgan fingerprint density at radius 3 is 1.40 bits per heavy atom. The van der Waals surface area contributed by atoms with Crippen molar-refractivity contribution >= 4 is 5.97 Å². The molecule has 2 N–H and O–H groups in total. The zero-order valence-corrected chi connectivity index (χ0v) is 15.4. The lowest BCUT2D eigenvalue weighted by Gasteiger charge is -2.39. The Kier molecular flexibility index (Phi) is 9.02. The summed E-state index contributed by atoms with van der Waals surface area (Å²) in [6.07, 6.45) is -41.4. The molecule has 0 aliphatic rings. The number of hydrogen-bond donors (Lipinski definition) is 2. The predicted octanol–water partition coefficient (Wildman–Crippen LogP) is 3.76. The predicted molar refractivity (Wildman–Crippen MR) is 66.9 cm³/mol. The van der Waals surface area contributed by atoms with Gasteiger partial charge in [-0.2, -0.15) is 74.6 Å². The number of carbonyl (C=O) groups excluding carboxylic acids is 1. The summed E-state index contributed by atoms with van der Waals surface area (Å²) in [4.78, 5) is 11.1. The van der Waals surface area contributed by atoms with E-state index in [4.69, 9.17) is 10.2 Å². The molecule has 0 rings (SSSR count). The van der Waals surface area contributed by atoms with E-state index in [1.807, 2.05) is 0 Å². The molecule has 6 nitrogen and oxygen atoms in total. The number of halogens is 17. The molecule has 0 saturated carbocycles. The molecule has 0 amide bonds. The monoisotopic (exact) mass is 570 g/mol. The van der Waals surface area contributed by atoms with Gasteiger partial charge in [-0.3, -0.25) is 9.47 Å². The fourth-order valence-corrected chi connectivity index (χ4v) is 1.46. The van der Waals surface area contributed by atoms with Gasteiger partial charge in [-0.05, 0) is 0 Å². The van der Waals surface area contributed by atoms with Crippen LogP contribution in [-0.4, -0.2) is 83.9 Å². The summed E-state index contributed by atoms with van der Waals surface area (Å²) in [6.45, 7) is -3.44. The van der Waals surface area contributed by atoms with Gasteiger partial charge in [0.05, 0.1) is 6.61 Å². The van der Waals surface area contributed by atoms with E-state index in [0.29, 0.717) is 0 Å². The largest absolute Gasteiger partial charge is 0.462 e. The lowest BCUT2D eigenvalue weighted by Crippen LogP contribution is -2.68. The fraction of sp³-hybridized carbons (Fsp3) is 0.917. The summed E-state index contributed by atoms with van der Waals surface area (Å²) in [5, 5.41) is 17.0. The van der Waals surface area contributed by atoms with Crippen LogP contribution in [-0.2, 0) is 19.0 Å². The summed E-state index contributed by atoms with van der Waals surface area (Å²) in [7, 11) is 0. The maximum atomic E-state index is 14.0. The number of carbonyl (C=O) groups is 1. The minimum atomic E-state index is -8.13. The lowest BCUT2D eigenvalue weighted by molar-refractivity contribution is -0.548. The zero-order chi connectivity index (χ0) is 28.7. The minimum Gasteiger partial charge on any atom is -0.458 e. The van der Waals surface area contributed by atoms with Gasteiger partial charge in [0.15, 0.2) is 0 Å². The topological polar surface area (TPSA) is 85.2 Å². The molecule has 3 atom stereocenters. The number of esters is 1. The Morgan fingerprint density at radius 1 is 0.657 bits per heavy atom. The molecule has 0 saturated heterocycles. The number of rotatable bonds is 10. The van der Waals surface area contributed by atoms with Crippen molar-refractivity contribution in [3.05, 3.63) is 0 Å². The zero-order valence-electron chi connectivity index (χ0n) is 15.4. The fourth-order valence-electron chi connectivity index (χ4n) is 1.46. The van der Waals surface area contributed by atoms with Crippen molar-refractivity contribution in [2.75, 3.05) is 13.2 Å². The number of aliphatic hydroxyl groups is 2. The molecule has 0 aliphatic heterocycles. The van der Waals surface area contributed by atoms with Gasteiger partial charge in [-0.25, -0.2) is 4.79 Å². The SMILES string of the molecule is O=C(OCC(O)CO)C(F)(OC(F)(F)C(F)(OC(F)(F)C(F)(F)C(F)(F)F)C(F)(F)F)C(F)(F)F. The Labute approximate surface area is 179 Å². The molecule has 0 aromatic carbocycles. The lowest BCUT2D eigenvalue weighted by atomic mass is 10.2. The smallest absolute Gasteiger partial charge is 0.458 e. The normalized spacial score (nSPS) is 19.1. The molecular weight excluding hydrogens is 563 g/mol. The highest BCUT2D eigenvalue weighted by molar-refractivity contribution is 5.79. The van der Waals surface area contributed by atoms with Gasteiger partial charge in [-0.1, -0.05) is 0 Å². The van der Waals surface area contributed by atoms with Crippen LogP contribution in [0.15, 0.2) is 0 Å². The van der Waals surface area contributed by atoms with Crippen molar-refractivity contribution in [3.8, 4) is 0 Å². The van der Waals surface area contributed by atoms with Crippen LogP contribution in [0.25, 0.3) is 0 Å². The molecule has 0 radical (unpaired) electrons. The molecule has 0 fully saturated rings. The average molecular weight is 570 g/mol. The van der Waals surface area contributed by atoms with Crippen LogP contribution in [0.3, 0.4) is 0 Å². The Hall–Kier alpha value is -1.88. The molecule has 0 heterocycles. The number of aliphatic hydroxyl groups excluding tert-OH is 2. The van der Waals surface area contributed by atoms with Crippen molar-refractivity contribution < 1.29 is 104 Å². The average Bonchev–Trinajstić information content (AvgIpc) is 2.61. The highest BCUT2D eigenvalue weighted by atomic mass is 19.4. The first-order valence-electron chi connectivity index (χ1n) is 7.62. The highest BCUT2D eigenvalue weighted by Gasteiger charge is 2.85. The van der Waals surface area contributed by atoms with Gasteiger partial charge >= 0.3 is 54.3 Å². The molecule has 0 aromatic rings. The molecule has 0 aromatic heterocycles. The molecule has 210 valence electrons. The van der Waals surface area contributed by atoms with E-state index < -0.39 is 73.7 Å².